The van der Waals surface area contributed by atoms with Crippen LogP contribution >= 0.6 is 0 Å². The molecule has 0 heterocycles. The molecule has 1 rings (SSSR count). The molecule has 0 aliphatic rings. The highest BCUT2D eigenvalue weighted by Gasteiger charge is 2.76. The van der Waals surface area contributed by atoms with Crippen LogP contribution in [-0.4, -0.2) is 40.1 Å². The number of halogens is 7. The molecule has 140 valence electrons. The van der Waals surface area contributed by atoms with E-state index in [0.717, 1.165) is 24.4 Å². The summed E-state index contributed by atoms with van der Waals surface area (Å²) in [4.78, 5) is 22.1. The first kappa shape index (κ1) is 20.5. The van der Waals surface area contributed by atoms with Crippen LogP contribution in [0.4, 0.5) is 36.4 Å². The summed E-state index contributed by atoms with van der Waals surface area (Å²) in [5, 5.41) is 19.3. The fraction of sp³-hybridized carbons (Fsp3) is 0.385. The zero-order valence-electron chi connectivity index (χ0n) is 12.2. The molecular weight excluding hydrogens is 367 g/mol. The highest BCUT2D eigenvalue weighted by Crippen LogP contribution is 2.47. The maximum Gasteiger partial charge on any atom is 0.460 e. The first-order valence-corrected chi connectivity index (χ1v) is 6.32. The number of benzene rings is 1. The van der Waals surface area contributed by atoms with Crippen molar-refractivity contribution in [1.29, 1.82) is 0 Å². The number of phenols is 1. The largest absolute Gasteiger partial charge is 0.506 e. The van der Waals surface area contributed by atoms with E-state index >= 15 is 0 Å². The van der Waals surface area contributed by atoms with E-state index in [9.17, 15) is 45.4 Å². The van der Waals surface area contributed by atoms with E-state index in [0.29, 0.717) is 6.07 Å². The zero-order chi connectivity index (χ0) is 19.8. The molecule has 1 amide bonds. The Morgan fingerprint density at radius 3 is 2.04 bits per heavy atom. The van der Waals surface area contributed by atoms with E-state index in [1.807, 2.05) is 0 Å². The molecule has 0 aliphatic carbocycles. The third-order valence-electron chi connectivity index (χ3n) is 3.17. The topological polar surface area (TPSA) is 86.6 Å². The van der Waals surface area contributed by atoms with Gasteiger partial charge in [-0.3, -0.25) is 9.59 Å². The second-order valence-electron chi connectivity index (χ2n) is 4.94. The Morgan fingerprint density at radius 2 is 1.60 bits per heavy atom. The van der Waals surface area contributed by atoms with Crippen molar-refractivity contribution in [2.75, 3.05) is 5.32 Å². The summed E-state index contributed by atoms with van der Waals surface area (Å²) >= 11 is 0. The summed E-state index contributed by atoms with van der Waals surface area (Å²) < 4.78 is 88.2. The summed E-state index contributed by atoms with van der Waals surface area (Å²) in [7, 11) is 0. The van der Waals surface area contributed by atoms with E-state index < -0.39 is 47.3 Å². The van der Waals surface area contributed by atoms with Crippen LogP contribution in [0.1, 0.15) is 18.4 Å². The van der Waals surface area contributed by atoms with Crippen molar-refractivity contribution in [3.05, 3.63) is 23.8 Å². The number of amides is 1. The van der Waals surface area contributed by atoms with E-state index in [1.54, 1.807) is 0 Å². The Balaban J connectivity index is 3.19. The van der Waals surface area contributed by atoms with Gasteiger partial charge in [-0.25, -0.2) is 0 Å². The van der Waals surface area contributed by atoms with Gasteiger partial charge in [0.25, 0.3) is 0 Å². The molecule has 1 unspecified atom stereocenters. The Hall–Kier alpha value is -2.53. The van der Waals surface area contributed by atoms with E-state index in [-0.39, 0.29) is 5.56 Å². The third-order valence-corrected chi connectivity index (χ3v) is 3.17. The van der Waals surface area contributed by atoms with Crippen LogP contribution < -0.4 is 5.32 Å². The molecule has 0 saturated carbocycles. The average molecular weight is 377 g/mol. The molecular formula is C13H10F7NO4. The molecule has 1 aromatic carbocycles. The number of aromatic hydroxyl groups is 1. The monoisotopic (exact) mass is 377 g/mol. The van der Waals surface area contributed by atoms with E-state index in [2.05, 4.69) is 0 Å². The van der Waals surface area contributed by atoms with Gasteiger partial charge in [0.1, 0.15) is 5.75 Å². The van der Waals surface area contributed by atoms with Gasteiger partial charge < -0.3 is 15.5 Å². The Labute approximate surface area is 135 Å². The zero-order valence-corrected chi connectivity index (χ0v) is 12.2. The number of alkyl halides is 7. The number of hydrogen-bond donors (Lipinski definition) is 3. The predicted molar refractivity (Wildman–Crippen MR) is 68.7 cm³/mol. The van der Waals surface area contributed by atoms with Gasteiger partial charge in [-0.15, -0.1) is 0 Å². The Kier molecular flexibility index (Phi) is 5.26. The second kappa shape index (κ2) is 6.41. The normalized spacial score (nSPS) is 14.1. The van der Waals surface area contributed by atoms with Crippen LogP contribution in [0.25, 0.3) is 0 Å². The number of anilines is 1. The highest BCUT2D eigenvalue weighted by molar-refractivity contribution is 5.98. The molecule has 0 saturated heterocycles. The molecule has 0 spiro atoms. The van der Waals surface area contributed by atoms with Gasteiger partial charge in [-0.2, -0.15) is 30.7 Å². The van der Waals surface area contributed by atoms with Crippen LogP contribution in [0.2, 0.25) is 0 Å². The van der Waals surface area contributed by atoms with Gasteiger partial charge in [-0.05, 0) is 24.6 Å². The summed E-state index contributed by atoms with van der Waals surface area (Å²) in [5.74, 6) is -19.4. The molecule has 0 radical (unpaired) electrons. The lowest BCUT2D eigenvalue weighted by atomic mass is 10.0. The number of aliphatic carboxylic acids is 1. The minimum Gasteiger partial charge on any atom is -0.506 e. The Bertz CT molecular complexity index is 687. The first-order chi connectivity index (χ1) is 11.1. The van der Waals surface area contributed by atoms with Crippen LogP contribution in [-0.2, 0) is 9.59 Å². The van der Waals surface area contributed by atoms with Gasteiger partial charge >= 0.3 is 29.9 Å². The van der Waals surface area contributed by atoms with Gasteiger partial charge in [0.15, 0.2) is 0 Å². The van der Waals surface area contributed by atoms with E-state index in [1.165, 1.54) is 0 Å². The smallest absolute Gasteiger partial charge is 0.460 e. The molecule has 0 bridgehead atoms. The highest BCUT2D eigenvalue weighted by atomic mass is 19.4. The molecule has 5 nitrogen and oxygen atoms in total. The fourth-order valence-corrected chi connectivity index (χ4v) is 1.59. The molecule has 0 aromatic heterocycles. The van der Waals surface area contributed by atoms with Gasteiger partial charge in [0, 0.05) is 0 Å². The minimum atomic E-state index is -6.70. The lowest BCUT2D eigenvalue weighted by Crippen LogP contribution is -2.57. The maximum atomic E-state index is 13.2. The fourth-order valence-electron chi connectivity index (χ4n) is 1.59. The first-order valence-electron chi connectivity index (χ1n) is 6.32. The molecule has 3 N–H and O–H groups in total. The average Bonchev–Trinajstić information content (AvgIpc) is 2.47. The van der Waals surface area contributed by atoms with Crippen molar-refractivity contribution < 1.29 is 50.5 Å². The number of rotatable bonds is 5. The molecule has 1 aromatic rings. The standard InChI is InChI=1S/C13H10F7NO4/c1-5(9(23)24)6-2-3-8(22)7(4-6)21-10(25)11(14,15)12(16,17)13(18,19)20/h2-5,22H,1H3,(H,21,25)(H,23,24). The number of phenolic OH excluding ortho intramolecular Hbond substituents is 1. The van der Waals surface area contributed by atoms with Crippen molar-refractivity contribution in [3.63, 3.8) is 0 Å². The van der Waals surface area contributed by atoms with Crippen LogP contribution in [0.15, 0.2) is 18.2 Å². The molecule has 0 fully saturated rings. The van der Waals surface area contributed by atoms with E-state index in [4.69, 9.17) is 5.11 Å². The third kappa shape index (κ3) is 3.77. The number of carboxylic acids is 1. The number of nitrogens with one attached hydrogen (secondary N) is 1. The molecule has 0 aliphatic heterocycles. The number of carbonyl (C=O) groups is 2. The molecule has 25 heavy (non-hydrogen) atoms. The quantitative estimate of drug-likeness (QED) is 0.543. The van der Waals surface area contributed by atoms with Crippen molar-refractivity contribution in [2.24, 2.45) is 0 Å². The minimum absolute atomic E-state index is 0.133. The molecule has 1 atom stereocenters. The number of hydrogen-bond acceptors (Lipinski definition) is 3. The van der Waals surface area contributed by atoms with Crippen LogP contribution in [0, 0.1) is 0 Å². The van der Waals surface area contributed by atoms with Crippen molar-refractivity contribution in [2.45, 2.75) is 30.9 Å². The van der Waals surface area contributed by atoms with Crippen molar-refractivity contribution >= 4 is 17.6 Å². The maximum absolute atomic E-state index is 13.2. The van der Waals surface area contributed by atoms with Gasteiger partial charge in [0.2, 0.25) is 0 Å². The van der Waals surface area contributed by atoms with Gasteiger partial charge in [0.05, 0.1) is 11.6 Å². The van der Waals surface area contributed by atoms with Gasteiger partial charge in [-0.1, -0.05) is 6.07 Å². The van der Waals surface area contributed by atoms with Crippen molar-refractivity contribution in [1.82, 2.24) is 0 Å². The summed E-state index contributed by atoms with van der Waals surface area (Å²) in [6.07, 6.45) is -6.70. The number of carbonyl (C=O) groups excluding carboxylic acids is 1. The lowest BCUT2D eigenvalue weighted by Gasteiger charge is -2.27. The summed E-state index contributed by atoms with van der Waals surface area (Å²) in [5.41, 5.74) is -1.08. The Morgan fingerprint density at radius 1 is 1.08 bits per heavy atom. The van der Waals surface area contributed by atoms with Crippen LogP contribution in [0.5, 0.6) is 5.75 Å². The van der Waals surface area contributed by atoms with Crippen LogP contribution in [0.3, 0.4) is 0 Å². The SMILES string of the molecule is CC(C(=O)O)c1ccc(O)c(NC(=O)C(F)(F)C(F)(F)C(F)(F)F)c1. The van der Waals surface area contributed by atoms with Crippen molar-refractivity contribution in [3.8, 4) is 5.75 Å². The predicted octanol–water partition coefficient (Wildman–Crippen LogP) is 3.35. The molecule has 12 heteroatoms. The summed E-state index contributed by atoms with van der Waals surface area (Å²) in [6.45, 7) is 1.15. The second-order valence-corrected chi connectivity index (χ2v) is 4.94. The number of carboxylic acid groups (broad SMARTS) is 1. The summed E-state index contributed by atoms with van der Waals surface area (Å²) in [6, 6.07) is 2.45. The lowest BCUT2D eigenvalue weighted by molar-refractivity contribution is -0.343.